The van der Waals surface area contributed by atoms with Gasteiger partial charge in [-0.3, -0.25) is 0 Å². The number of halogens is 1. The highest BCUT2D eigenvalue weighted by molar-refractivity contribution is 6.00. The second-order valence-electron chi connectivity index (χ2n) is 7.15. The van der Waals surface area contributed by atoms with Crippen molar-refractivity contribution in [3.05, 3.63) is 103 Å². The number of aliphatic hydroxyl groups is 1. The Morgan fingerprint density at radius 3 is 2.58 bits per heavy atom. The lowest BCUT2D eigenvalue weighted by molar-refractivity contribution is -0.107. The zero-order valence-electron chi connectivity index (χ0n) is 21.0. The van der Waals surface area contributed by atoms with Gasteiger partial charge >= 0.3 is 0 Å². The van der Waals surface area contributed by atoms with Crippen LogP contribution in [0.2, 0.25) is 0 Å². The maximum absolute atomic E-state index is 13.2. The van der Waals surface area contributed by atoms with Gasteiger partial charge in [0.05, 0.1) is 6.54 Å². The molecule has 0 spiro atoms. The number of hydrogen-bond acceptors (Lipinski definition) is 7. The van der Waals surface area contributed by atoms with E-state index < -0.39 is 0 Å². The van der Waals surface area contributed by atoms with Gasteiger partial charge in [0.25, 0.3) is 0 Å². The Kier molecular flexibility index (Phi) is 15.3. The van der Waals surface area contributed by atoms with Crippen molar-refractivity contribution in [1.82, 2.24) is 10.1 Å². The molecule has 36 heavy (non-hydrogen) atoms. The third kappa shape index (κ3) is 10.9. The molecule has 0 radical (unpaired) electrons. The van der Waals surface area contributed by atoms with Crippen LogP contribution in [0.5, 0.6) is 0 Å². The normalized spacial score (nSPS) is 12.1. The van der Waals surface area contributed by atoms with Crippen molar-refractivity contribution in [1.29, 1.82) is 0 Å². The van der Waals surface area contributed by atoms with E-state index in [1.165, 1.54) is 12.1 Å². The lowest BCUT2D eigenvalue weighted by atomic mass is 10.1. The average Bonchev–Trinajstić information content (AvgIpc) is 3.39. The summed E-state index contributed by atoms with van der Waals surface area (Å²) in [5.74, 6) is 0.0889. The Morgan fingerprint density at radius 2 is 1.94 bits per heavy atom. The molecular formula is C28H34FN3O4. The number of aromatic nitrogens is 1. The molecule has 0 unspecified atom stereocenters. The van der Waals surface area contributed by atoms with E-state index >= 15 is 0 Å². The maximum Gasteiger partial charge on any atom is 0.186 e. The number of allylic oxidation sites excluding steroid dienone is 7. The number of carbonyl (C=O) groups is 1. The van der Waals surface area contributed by atoms with Crippen LogP contribution in [0.3, 0.4) is 0 Å². The molecule has 1 aromatic carbocycles. The first-order valence-corrected chi connectivity index (χ1v) is 11.5. The van der Waals surface area contributed by atoms with Crippen molar-refractivity contribution in [2.45, 2.75) is 26.7 Å². The second kappa shape index (κ2) is 18.3. The molecule has 192 valence electrons. The largest absolute Gasteiger partial charge is 0.400 e. The summed E-state index contributed by atoms with van der Waals surface area (Å²) in [6.07, 6.45) is 16.7. The van der Waals surface area contributed by atoms with Crippen LogP contribution in [0.1, 0.15) is 32.4 Å². The molecule has 7 nitrogen and oxygen atoms in total. The van der Waals surface area contributed by atoms with Crippen molar-refractivity contribution in [2.24, 2.45) is 5.16 Å². The summed E-state index contributed by atoms with van der Waals surface area (Å²) in [7, 11) is 1.00. The maximum atomic E-state index is 13.2. The first kappa shape index (κ1) is 30.0. The molecular weight excluding hydrogens is 461 g/mol. The van der Waals surface area contributed by atoms with E-state index in [0.29, 0.717) is 23.8 Å². The SMILES string of the molecule is C=CN(/C=C(/C=C\C=C/C=C\C)CC=O)C/C(=N\OCCC)c1cc(-c2ccc(F)cc2)no1.CO. The summed E-state index contributed by atoms with van der Waals surface area (Å²) in [6, 6.07) is 7.71. The van der Waals surface area contributed by atoms with Gasteiger partial charge in [0.1, 0.15) is 30.1 Å². The Balaban J connectivity index is 0.00000316. The molecule has 1 N–H and O–H groups in total. The molecule has 0 saturated heterocycles. The summed E-state index contributed by atoms with van der Waals surface area (Å²) in [4.78, 5) is 18.4. The molecule has 2 rings (SSSR count). The minimum atomic E-state index is -0.325. The zero-order chi connectivity index (χ0) is 26.6. The Morgan fingerprint density at radius 1 is 1.22 bits per heavy atom. The molecule has 0 atom stereocenters. The molecule has 0 fully saturated rings. The second-order valence-corrected chi connectivity index (χ2v) is 7.15. The minimum absolute atomic E-state index is 0.244. The smallest absolute Gasteiger partial charge is 0.186 e. The predicted octanol–water partition coefficient (Wildman–Crippen LogP) is 5.83. The van der Waals surface area contributed by atoms with Gasteiger partial charge in [-0.25, -0.2) is 4.39 Å². The summed E-state index contributed by atoms with van der Waals surface area (Å²) in [6.45, 7) is 8.51. The molecule has 0 aliphatic rings. The van der Waals surface area contributed by atoms with E-state index in [0.717, 1.165) is 31.0 Å². The number of oxime groups is 1. The standard InChI is InChI=1S/C27H30FN3O3.CH4O/c1-4-7-8-9-10-11-22(16-17-32)20-31(6-3)21-26(29-33-18-5-2)27-19-25(30-34-27)23-12-14-24(28)15-13-23;1-2/h4,6-15,17,19-20H,3,5,16,18,21H2,1-2H3;2H,1H3/b7-4-,9-8-,11-10-,22-20-,29-26+;. The highest BCUT2D eigenvalue weighted by atomic mass is 19.1. The van der Waals surface area contributed by atoms with E-state index in [-0.39, 0.29) is 18.8 Å². The molecule has 0 amide bonds. The van der Waals surface area contributed by atoms with E-state index in [1.807, 2.05) is 56.5 Å². The summed E-state index contributed by atoms with van der Waals surface area (Å²) >= 11 is 0. The average molecular weight is 496 g/mol. The number of aliphatic hydroxyl groups excluding tert-OH is 1. The van der Waals surface area contributed by atoms with Gasteiger partial charge in [-0.05, 0) is 49.4 Å². The molecule has 2 aromatic rings. The van der Waals surface area contributed by atoms with Crippen LogP contribution in [0.4, 0.5) is 4.39 Å². The first-order chi connectivity index (χ1) is 17.6. The molecule has 0 saturated carbocycles. The highest BCUT2D eigenvalue weighted by Crippen LogP contribution is 2.20. The van der Waals surface area contributed by atoms with Crippen LogP contribution in [0, 0.1) is 5.82 Å². The predicted molar refractivity (Wildman–Crippen MR) is 142 cm³/mol. The number of benzene rings is 1. The molecule has 8 heteroatoms. The van der Waals surface area contributed by atoms with Crippen LogP contribution in [0.25, 0.3) is 11.3 Å². The molecule has 0 aliphatic carbocycles. The molecule has 1 heterocycles. The van der Waals surface area contributed by atoms with Crippen LogP contribution in [-0.4, -0.2) is 47.4 Å². The van der Waals surface area contributed by atoms with Crippen molar-refractivity contribution in [3.8, 4) is 11.3 Å². The Labute approximate surface area is 212 Å². The van der Waals surface area contributed by atoms with Gasteiger partial charge in [0.15, 0.2) is 5.76 Å². The van der Waals surface area contributed by atoms with Gasteiger partial charge in [-0.15, -0.1) is 0 Å². The van der Waals surface area contributed by atoms with Crippen molar-refractivity contribution in [3.63, 3.8) is 0 Å². The third-order valence-electron chi connectivity index (χ3n) is 4.46. The van der Waals surface area contributed by atoms with Crippen LogP contribution >= 0.6 is 0 Å². The lowest BCUT2D eigenvalue weighted by Crippen LogP contribution is -2.21. The summed E-state index contributed by atoms with van der Waals surface area (Å²) in [5.41, 5.74) is 2.55. The number of aldehydes is 1. The number of hydrogen-bond donors (Lipinski definition) is 1. The molecule has 0 bridgehead atoms. The molecule has 0 aliphatic heterocycles. The fourth-order valence-electron chi connectivity index (χ4n) is 2.76. The number of rotatable bonds is 14. The van der Waals surface area contributed by atoms with Gasteiger partial charge in [0, 0.05) is 31.4 Å². The van der Waals surface area contributed by atoms with E-state index in [4.69, 9.17) is 14.5 Å². The highest BCUT2D eigenvalue weighted by Gasteiger charge is 2.16. The van der Waals surface area contributed by atoms with E-state index in [9.17, 15) is 9.18 Å². The fraction of sp³-hybridized carbons (Fsp3) is 0.250. The first-order valence-electron chi connectivity index (χ1n) is 11.5. The summed E-state index contributed by atoms with van der Waals surface area (Å²) in [5, 5.41) is 15.3. The van der Waals surface area contributed by atoms with Crippen molar-refractivity contribution < 1.29 is 23.7 Å². The Hall–Kier alpha value is -4.04. The van der Waals surface area contributed by atoms with Gasteiger partial charge < -0.3 is 24.2 Å². The number of carbonyl (C=O) groups excluding carboxylic acids is 1. The van der Waals surface area contributed by atoms with Crippen LogP contribution in [-0.2, 0) is 9.63 Å². The fourth-order valence-corrected chi connectivity index (χ4v) is 2.76. The van der Waals surface area contributed by atoms with Gasteiger partial charge in [0.2, 0.25) is 0 Å². The van der Waals surface area contributed by atoms with Gasteiger partial charge in [-0.2, -0.15) is 0 Å². The molecule has 1 aromatic heterocycles. The topological polar surface area (TPSA) is 88.2 Å². The van der Waals surface area contributed by atoms with Gasteiger partial charge in [-0.1, -0.05) is 60.3 Å². The monoisotopic (exact) mass is 495 g/mol. The number of nitrogens with zero attached hydrogens (tertiary/aromatic N) is 3. The lowest BCUT2D eigenvalue weighted by Gasteiger charge is -2.16. The van der Waals surface area contributed by atoms with E-state index in [2.05, 4.69) is 16.9 Å². The van der Waals surface area contributed by atoms with E-state index in [1.54, 1.807) is 29.3 Å². The zero-order valence-corrected chi connectivity index (χ0v) is 21.0. The van der Waals surface area contributed by atoms with Crippen molar-refractivity contribution >= 4 is 12.0 Å². The Bertz CT molecular complexity index is 1070. The van der Waals surface area contributed by atoms with Crippen LogP contribution < -0.4 is 0 Å². The quantitative estimate of drug-likeness (QED) is 0.117. The van der Waals surface area contributed by atoms with Crippen LogP contribution in [0.15, 0.2) is 101 Å². The summed E-state index contributed by atoms with van der Waals surface area (Å²) < 4.78 is 18.8. The third-order valence-corrected chi connectivity index (χ3v) is 4.46. The van der Waals surface area contributed by atoms with Crippen molar-refractivity contribution in [2.75, 3.05) is 20.3 Å². The minimum Gasteiger partial charge on any atom is -0.400 e.